The van der Waals surface area contributed by atoms with Gasteiger partial charge < -0.3 is 25.2 Å². The molecule has 33 heavy (non-hydrogen) atoms. The molecule has 2 fully saturated rings. The maximum Gasteiger partial charge on any atom is 0.225 e. The molecule has 1 aromatic rings. The quantitative estimate of drug-likeness (QED) is 0.216. The summed E-state index contributed by atoms with van der Waals surface area (Å²) in [6, 6.07) is 8.60. The van der Waals surface area contributed by atoms with E-state index in [-0.39, 0.29) is 41.8 Å². The summed E-state index contributed by atoms with van der Waals surface area (Å²) in [5.74, 6) is 2.03. The predicted molar refractivity (Wildman–Crippen MR) is 146 cm³/mol. The Morgan fingerprint density at radius 1 is 1.15 bits per heavy atom. The molecule has 0 radical (unpaired) electrons. The van der Waals surface area contributed by atoms with Gasteiger partial charge in [0.05, 0.1) is 7.11 Å². The van der Waals surface area contributed by atoms with Crippen LogP contribution in [0.15, 0.2) is 29.3 Å². The van der Waals surface area contributed by atoms with E-state index in [1.165, 1.54) is 5.69 Å². The summed E-state index contributed by atoms with van der Waals surface area (Å²) in [5, 5.41) is 6.91. The molecule has 9 heteroatoms. The minimum absolute atomic E-state index is 0. The second-order valence-corrected chi connectivity index (χ2v) is 8.95. The number of carbonyl (C=O) groups excluding carboxylic acids is 1. The van der Waals surface area contributed by atoms with Crippen LogP contribution in [-0.2, 0) is 4.79 Å². The average Bonchev–Trinajstić information content (AvgIpc) is 3.29. The number of amides is 1. The van der Waals surface area contributed by atoms with Crippen molar-refractivity contribution in [1.29, 1.82) is 0 Å². The Bertz CT molecular complexity index is 750. The monoisotopic (exact) mass is 572 g/mol. The molecule has 0 aromatic heterocycles. The number of rotatable bonds is 8. The molecule has 0 spiro atoms. The summed E-state index contributed by atoms with van der Waals surface area (Å²) in [4.78, 5) is 23.5. The molecule has 2 aliphatic heterocycles. The smallest absolute Gasteiger partial charge is 0.225 e. The van der Waals surface area contributed by atoms with Crippen molar-refractivity contribution in [3.63, 3.8) is 0 Å². The Labute approximate surface area is 216 Å². The van der Waals surface area contributed by atoms with Gasteiger partial charge in [0.1, 0.15) is 5.75 Å². The Kier molecular flexibility index (Phi) is 11.5. The van der Waals surface area contributed by atoms with Crippen molar-refractivity contribution in [1.82, 2.24) is 20.4 Å². The van der Waals surface area contributed by atoms with Crippen molar-refractivity contribution in [3.05, 3.63) is 24.3 Å². The van der Waals surface area contributed by atoms with Crippen molar-refractivity contribution in [3.8, 4) is 5.75 Å². The second-order valence-electron chi connectivity index (χ2n) is 8.95. The molecule has 0 bridgehead atoms. The largest absolute Gasteiger partial charge is 0.497 e. The first kappa shape index (κ1) is 27.5. The lowest BCUT2D eigenvalue weighted by Crippen LogP contribution is -2.48. The summed E-state index contributed by atoms with van der Waals surface area (Å²) < 4.78 is 5.25. The van der Waals surface area contributed by atoms with Gasteiger partial charge in [0.25, 0.3) is 0 Å². The number of nitrogens with zero attached hydrogens (tertiary/aromatic N) is 4. The molecule has 2 aliphatic rings. The zero-order chi connectivity index (χ0) is 22.9. The summed E-state index contributed by atoms with van der Waals surface area (Å²) in [6.45, 7) is 11.8. The molecule has 1 atom stereocenters. The molecular weight excluding hydrogens is 531 g/mol. The SMILES string of the molecule is CN=C(NCCCN1CCN(c2ccc(OC)cc2)CC1)NC1CCN(C(=O)C(C)C)C1.I. The molecule has 2 N–H and O–H groups in total. The van der Waals surface area contributed by atoms with Gasteiger partial charge in [-0.15, -0.1) is 24.0 Å². The number of guanidine groups is 1. The highest BCUT2D eigenvalue weighted by Gasteiger charge is 2.28. The number of piperazine rings is 1. The van der Waals surface area contributed by atoms with Crippen molar-refractivity contribution < 1.29 is 9.53 Å². The van der Waals surface area contributed by atoms with Crippen LogP contribution in [0.4, 0.5) is 5.69 Å². The lowest BCUT2D eigenvalue weighted by Gasteiger charge is -2.36. The van der Waals surface area contributed by atoms with Crippen LogP contribution in [0.25, 0.3) is 0 Å². The van der Waals surface area contributed by atoms with Crippen molar-refractivity contribution in [2.24, 2.45) is 10.9 Å². The van der Waals surface area contributed by atoms with Crippen molar-refractivity contribution >= 4 is 41.5 Å². The minimum Gasteiger partial charge on any atom is -0.497 e. The molecule has 1 aromatic carbocycles. The van der Waals surface area contributed by atoms with Crippen molar-refractivity contribution in [2.45, 2.75) is 32.7 Å². The number of likely N-dealkylation sites (tertiary alicyclic amines) is 1. The van der Waals surface area contributed by atoms with Crippen LogP contribution in [0.1, 0.15) is 26.7 Å². The molecule has 1 unspecified atom stereocenters. The fourth-order valence-electron chi connectivity index (χ4n) is 4.36. The Morgan fingerprint density at radius 3 is 2.45 bits per heavy atom. The Balaban J connectivity index is 0.00000385. The number of nitrogens with one attached hydrogen (secondary N) is 2. The van der Waals surface area contributed by atoms with Gasteiger partial charge in [-0.25, -0.2) is 0 Å². The highest BCUT2D eigenvalue weighted by atomic mass is 127. The minimum atomic E-state index is 0. The fraction of sp³-hybridized carbons (Fsp3) is 0.667. The van der Waals surface area contributed by atoms with Gasteiger partial charge in [-0.1, -0.05) is 13.8 Å². The predicted octanol–water partition coefficient (Wildman–Crippen LogP) is 2.25. The highest BCUT2D eigenvalue weighted by molar-refractivity contribution is 14.0. The van der Waals surface area contributed by atoms with Crippen LogP contribution in [-0.4, -0.2) is 94.2 Å². The second kappa shape index (κ2) is 13.8. The number of methoxy groups -OCH3 is 1. The topological polar surface area (TPSA) is 72.4 Å². The number of carbonyl (C=O) groups is 1. The van der Waals surface area contributed by atoms with E-state index in [0.29, 0.717) is 0 Å². The Hall–Kier alpha value is -1.75. The summed E-state index contributed by atoms with van der Waals surface area (Å²) in [5.41, 5.74) is 1.27. The molecule has 1 amide bonds. The van der Waals surface area contributed by atoms with E-state index in [2.05, 4.69) is 37.6 Å². The first-order valence-corrected chi connectivity index (χ1v) is 11.9. The number of hydrogen-bond acceptors (Lipinski definition) is 5. The van der Waals surface area contributed by atoms with Crippen LogP contribution in [0.2, 0.25) is 0 Å². The molecule has 0 aliphatic carbocycles. The average molecular weight is 573 g/mol. The van der Waals surface area contributed by atoms with Crippen LogP contribution in [0.5, 0.6) is 5.75 Å². The van der Waals surface area contributed by atoms with E-state index in [0.717, 1.165) is 76.9 Å². The van der Waals surface area contributed by atoms with Gasteiger partial charge in [-0.3, -0.25) is 14.7 Å². The maximum absolute atomic E-state index is 12.2. The standard InChI is InChI=1S/C24H40N6O2.HI/c1-19(2)23(31)30-13-10-20(18-30)27-24(25-3)26-11-5-12-28-14-16-29(17-15-28)21-6-8-22(32-4)9-7-21;/h6-9,19-20H,5,10-18H2,1-4H3,(H2,25,26,27);1H. The molecular formula is C24H41IN6O2. The zero-order valence-electron chi connectivity index (χ0n) is 20.5. The van der Waals surface area contributed by atoms with Crippen molar-refractivity contribution in [2.75, 3.05) is 71.4 Å². The van der Waals surface area contributed by atoms with Crippen LogP contribution < -0.4 is 20.3 Å². The zero-order valence-corrected chi connectivity index (χ0v) is 22.9. The lowest BCUT2D eigenvalue weighted by molar-refractivity contribution is -0.133. The summed E-state index contributed by atoms with van der Waals surface area (Å²) >= 11 is 0. The molecule has 3 rings (SSSR count). The number of aliphatic imine (C=N–C) groups is 1. The third kappa shape index (κ3) is 8.20. The van der Waals surface area contributed by atoms with Gasteiger partial charge in [-0.05, 0) is 43.7 Å². The van der Waals surface area contributed by atoms with Gasteiger partial charge >= 0.3 is 0 Å². The van der Waals surface area contributed by atoms with E-state index in [9.17, 15) is 4.79 Å². The van der Waals surface area contributed by atoms with Gasteiger partial charge in [0, 0.05) is 70.5 Å². The molecule has 2 saturated heterocycles. The number of hydrogen-bond donors (Lipinski definition) is 2. The number of benzene rings is 1. The van der Waals surface area contributed by atoms with Crippen LogP contribution in [0, 0.1) is 5.92 Å². The molecule has 0 saturated carbocycles. The third-order valence-electron chi connectivity index (χ3n) is 6.31. The van der Waals surface area contributed by atoms with Crippen LogP contribution in [0.3, 0.4) is 0 Å². The number of anilines is 1. The highest BCUT2D eigenvalue weighted by Crippen LogP contribution is 2.20. The first-order chi connectivity index (χ1) is 15.5. The van der Waals surface area contributed by atoms with Gasteiger partial charge in [0.15, 0.2) is 5.96 Å². The summed E-state index contributed by atoms with van der Waals surface area (Å²) in [6.07, 6.45) is 2.05. The number of ether oxygens (including phenoxy) is 1. The van der Waals surface area contributed by atoms with E-state index < -0.39 is 0 Å². The van der Waals surface area contributed by atoms with E-state index in [1.54, 1.807) is 14.2 Å². The van der Waals surface area contributed by atoms with E-state index in [4.69, 9.17) is 4.74 Å². The maximum atomic E-state index is 12.2. The first-order valence-electron chi connectivity index (χ1n) is 11.9. The molecule has 8 nitrogen and oxygen atoms in total. The lowest BCUT2D eigenvalue weighted by atomic mass is 10.2. The summed E-state index contributed by atoms with van der Waals surface area (Å²) in [7, 11) is 3.51. The molecule has 186 valence electrons. The normalized spacial score (nSPS) is 19.4. The fourth-order valence-corrected chi connectivity index (χ4v) is 4.36. The number of halogens is 1. The van der Waals surface area contributed by atoms with E-state index >= 15 is 0 Å². The van der Waals surface area contributed by atoms with Gasteiger partial charge in [-0.2, -0.15) is 0 Å². The molecule has 2 heterocycles. The van der Waals surface area contributed by atoms with E-state index in [1.807, 2.05) is 30.9 Å². The van der Waals surface area contributed by atoms with Crippen LogP contribution >= 0.6 is 24.0 Å². The Morgan fingerprint density at radius 2 is 1.85 bits per heavy atom. The third-order valence-corrected chi connectivity index (χ3v) is 6.31. The van der Waals surface area contributed by atoms with Gasteiger partial charge in [0.2, 0.25) is 5.91 Å².